The van der Waals surface area contributed by atoms with E-state index in [0.29, 0.717) is 4.90 Å². The lowest BCUT2D eigenvalue weighted by Crippen LogP contribution is -2.48. The first-order valence-corrected chi connectivity index (χ1v) is 5.02. The van der Waals surface area contributed by atoms with Crippen molar-refractivity contribution in [2.45, 2.75) is 12.3 Å². The number of benzene rings is 1. The monoisotopic (exact) mass is 237 g/mol. The van der Waals surface area contributed by atoms with Gasteiger partial charge in [-0.1, -0.05) is 12.1 Å². The van der Waals surface area contributed by atoms with Gasteiger partial charge in [0.1, 0.15) is 6.10 Å². The number of rotatable bonds is 3. The van der Waals surface area contributed by atoms with Crippen molar-refractivity contribution in [2.75, 3.05) is 6.61 Å². The van der Waals surface area contributed by atoms with Gasteiger partial charge in [-0.25, -0.2) is 4.90 Å². The average molecular weight is 237 g/mol. The molecule has 2 unspecified atom stereocenters. The van der Waals surface area contributed by atoms with Crippen LogP contribution in [-0.2, 0) is 0 Å². The fourth-order valence-corrected chi connectivity index (χ4v) is 1.71. The highest BCUT2D eigenvalue weighted by atomic mass is 16.4. The van der Waals surface area contributed by atoms with Crippen molar-refractivity contribution in [3.8, 4) is 0 Å². The van der Waals surface area contributed by atoms with E-state index in [2.05, 4.69) is 0 Å². The molecule has 17 heavy (non-hydrogen) atoms. The number of carbonyl (C=O) groups is 2. The molecule has 0 aromatic heterocycles. The van der Waals surface area contributed by atoms with Gasteiger partial charge in [-0.15, -0.1) is 0 Å². The standard InChI is InChI=1S/C11H11NO5/c13-5-8(14)11(17)12-9(15)6-3-1-2-4-7(6)10(12)16/h1-4,8,11,13-14,17H,5H2. The smallest absolute Gasteiger partial charge is 0.263 e. The highest BCUT2D eigenvalue weighted by Crippen LogP contribution is 2.24. The SMILES string of the molecule is O=C1c2ccccc2C(=O)N1C(O)C(O)CO. The molecule has 1 aromatic carbocycles. The Hall–Kier alpha value is -1.76. The molecule has 2 atom stereocenters. The zero-order valence-corrected chi connectivity index (χ0v) is 8.78. The van der Waals surface area contributed by atoms with Crippen molar-refractivity contribution in [1.29, 1.82) is 0 Å². The normalized spacial score (nSPS) is 18.2. The molecule has 2 rings (SSSR count). The van der Waals surface area contributed by atoms with Gasteiger partial charge in [-0.2, -0.15) is 0 Å². The summed E-state index contributed by atoms with van der Waals surface area (Å²) in [6.07, 6.45) is -3.32. The van der Waals surface area contributed by atoms with Gasteiger partial charge in [-0.05, 0) is 12.1 Å². The van der Waals surface area contributed by atoms with E-state index in [4.69, 9.17) is 5.11 Å². The van der Waals surface area contributed by atoms with Gasteiger partial charge < -0.3 is 15.3 Å². The van der Waals surface area contributed by atoms with Gasteiger partial charge in [0.25, 0.3) is 11.8 Å². The van der Waals surface area contributed by atoms with Gasteiger partial charge in [0.2, 0.25) is 0 Å². The molecule has 1 aromatic rings. The van der Waals surface area contributed by atoms with Crippen LogP contribution < -0.4 is 0 Å². The predicted molar refractivity (Wildman–Crippen MR) is 56.0 cm³/mol. The maximum atomic E-state index is 11.8. The minimum Gasteiger partial charge on any atom is -0.394 e. The Kier molecular flexibility index (Phi) is 2.93. The lowest BCUT2D eigenvalue weighted by molar-refractivity contribution is -0.0719. The van der Waals surface area contributed by atoms with Gasteiger partial charge >= 0.3 is 0 Å². The summed E-state index contributed by atoms with van der Waals surface area (Å²) in [6.45, 7) is -0.741. The molecule has 0 fully saturated rings. The van der Waals surface area contributed by atoms with Crippen LogP contribution in [-0.4, -0.2) is 51.0 Å². The Morgan fingerprint density at radius 2 is 1.53 bits per heavy atom. The topological polar surface area (TPSA) is 98.1 Å². The molecule has 90 valence electrons. The Morgan fingerprint density at radius 1 is 1.06 bits per heavy atom. The Labute approximate surface area is 96.7 Å². The van der Waals surface area contributed by atoms with E-state index >= 15 is 0 Å². The zero-order chi connectivity index (χ0) is 12.6. The minimum atomic E-state index is -1.74. The summed E-state index contributed by atoms with van der Waals surface area (Å²) in [4.78, 5) is 24.2. The van der Waals surface area contributed by atoms with Crippen LogP contribution in [0.5, 0.6) is 0 Å². The van der Waals surface area contributed by atoms with Gasteiger partial charge in [-0.3, -0.25) is 9.59 Å². The fraction of sp³-hybridized carbons (Fsp3) is 0.273. The second-order valence-corrected chi connectivity index (χ2v) is 3.69. The van der Waals surface area contributed by atoms with E-state index < -0.39 is 30.8 Å². The maximum Gasteiger partial charge on any atom is 0.263 e. The number of hydrogen-bond donors (Lipinski definition) is 3. The molecule has 0 bridgehead atoms. The van der Waals surface area contributed by atoms with Gasteiger partial charge in [0.05, 0.1) is 17.7 Å². The van der Waals surface area contributed by atoms with Crippen LogP contribution in [0.3, 0.4) is 0 Å². The Bertz CT molecular complexity index is 438. The third kappa shape index (κ3) is 1.72. The molecule has 1 aliphatic heterocycles. The first kappa shape index (κ1) is 11.7. The molecular weight excluding hydrogens is 226 g/mol. The number of hydrogen-bond acceptors (Lipinski definition) is 5. The quantitative estimate of drug-likeness (QED) is 0.583. The molecule has 0 spiro atoms. The summed E-state index contributed by atoms with van der Waals surface area (Å²) >= 11 is 0. The number of aliphatic hydroxyl groups excluding tert-OH is 3. The summed E-state index contributed by atoms with van der Waals surface area (Å²) in [6, 6.07) is 6.13. The lowest BCUT2D eigenvalue weighted by atomic mass is 10.1. The van der Waals surface area contributed by atoms with Crippen molar-refractivity contribution in [2.24, 2.45) is 0 Å². The van der Waals surface area contributed by atoms with Crippen LogP contribution in [0.25, 0.3) is 0 Å². The van der Waals surface area contributed by atoms with Crippen molar-refractivity contribution in [3.05, 3.63) is 35.4 Å². The van der Waals surface area contributed by atoms with Crippen molar-refractivity contribution < 1.29 is 24.9 Å². The number of nitrogens with zero attached hydrogens (tertiary/aromatic N) is 1. The number of aliphatic hydroxyl groups is 3. The van der Waals surface area contributed by atoms with E-state index in [1.807, 2.05) is 0 Å². The van der Waals surface area contributed by atoms with Gasteiger partial charge in [0, 0.05) is 0 Å². The molecule has 6 heteroatoms. The Balaban J connectivity index is 2.36. The molecular formula is C11H11NO5. The van der Waals surface area contributed by atoms with Gasteiger partial charge in [0.15, 0.2) is 6.23 Å². The number of amides is 2. The van der Waals surface area contributed by atoms with Crippen LogP contribution in [0.15, 0.2) is 24.3 Å². The summed E-state index contributed by atoms with van der Waals surface area (Å²) in [5.41, 5.74) is 0.364. The van der Waals surface area contributed by atoms with Crippen LogP contribution >= 0.6 is 0 Å². The number of fused-ring (bicyclic) bond motifs is 1. The molecule has 6 nitrogen and oxygen atoms in total. The van der Waals surface area contributed by atoms with Crippen LogP contribution in [0.4, 0.5) is 0 Å². The molecule has 0 radical (unpaired) electrons. The second kappa shape index (κ2) is 4.25. The predicted octanol–water partition coefficient (Wildman–Crippen LogP) is -1.05. The van der Waals surface area contributed by atoms with E-state index in [0.717, 1.165) is 0 Å². The van der Waals surface area contributed by atoms with Crippen LogP contribution in [0, 0.1) is 0 Å². The van der Waals surface area contributed by atoms with E-state index in [1.165, 1.54) is 12.1 Å². The summed E-state index contributed by atoms with van der Waals surface area (Å²) in [7, 11) is 0. The minimum absolute atomic E-state index is 0.182. The molecule has 2 amide bonds. The zero-order valence-electron chi connectivity index (χ0n) is 8.78. The summed E-state index contributed by atoms with van der Waals surface area (Å²) < 4.78 is 0. The number of carbonyl (C=O) groups excluding carboxylic acids is 2. The fourth-order valence-electron chi connectivity index (χ4n) is 1.71. The summed E-state index contributed by atoms with van der Waals surface area (Å²) in [5, 5.41) is 27.6. The Morgan fingerprint density at radius 3 is 1.94 bits per heavy atom. The molecule has 1 aliphatic rings. The van der Waals surface area contributed by atoms with Crippen LogP contribution in [0.2, 0.25) is 0 Å². The molecule has 3 N–H and O–H groups in total. The van der Waals surface area contributed by atoms with E-state index in [-0.39, 0.29) is 11.1 Å². The molecule has 0 aliphatic carbocycles. The molecule has 0 saturated heterocycles. The van der Waals surface area contributed by atoms with Crippen molar-refractivity contribution in [1.82, 2.24) is 4.90 Å². The lowest BCUT2D eigenvalue weighted by Gasteiger charge is -2.24. The average Bonchev–Trinajstić information content (AvgIpc) is 2.61. The third-order valence-electron chi connectivity index (χ3n) is 2.62. The van der Waals surface area contributed by atoms with Crippen molar-refractivity contribution >= 4 is 11.8 Å². The molecule has 1 heterocycles. The largest absolute Gasteiger partial charge is 0.394 e. The highest BCUT2D eigenvalue weighted by Gasteiger charge is 2.41. The second-order valence-electron chi connectivity index (χ2n) is 3.69. The van der Waals surface area contributed by atoms with E-state index in [1.54, 1.807) is 12.1 Å². The molecule has 0 saturated carbocycles. The number of imide groups is 1. The maximum absolute atomic E-state index is 11.8. The third-order valence-corrected chi connectivity index (χ3v) is 2.62. The van der Waals surface area contributed by atoms with E-state index in [9.17, 15) is 19.8 Å². The van der Waals surface area contributed by atoms with Crippen LogP contribution in [0.1, 0.15) is 20.7 Å². The highest BCUT2D eigenvalue weighted by molar-refractivity contribution is 6.21. The summed E-state index contributed by atoms with van der Waals surface area (Å²) in [5.74, 6) is -1.35. The first-order valence-electron chi connectivity index (χ1n) is 5.02. The van der Waals surface area contributed by atoms with Crippen molar-refractivity contribution in [3.63, 3.8) is 0 Å². The first-order chi connectivity index (χ1) is 8.07.